The number of carbonyl (C=O) groups excluding carboxylic acids is 1. The van der Waals surface area contributed by atoms with Crippen LogP contribution in [0.3, 0.4) is 0 Å². The number of hydrogen-bond donors (Lipinski definition) is 0. The minimum absolute atomic E-state index is 0.138. The van der Waals surface area contributed by atoms with E-state index in [9.17, 15) is 4.79 Å². The molecule has 5 heteroatoms. The zero-order valence-corrected chi connectivity index (χ0v) is 13.7. The highest BCUT2D eigenvalue weighted by Gasteiger charge is 2.42. The molecule has 2 aromatic rings. The van der Waals surface area contributed by atoms with Gasteiger partial charge in [-0.25, -0.2) is 0 Å². The Morgan fingerprint density at radius 2 is 2.04 bits per heavy atom. The fourth-order valence-corrected chi connectivity index (χ4v) is 3.92. The number of likely N-dealkylation sites (tertiary alicyclic amines) is 2. The number of pyridine rings is 2. The third kappa shape index (κ3) is 3.17. The van der Waals surface area contributed by atoms with Crippen LogP contribution in [0.25, 0.3) is 0 Å². The van der Waals surface area contributed by atoms with Gasteiger partial charge in [0.15, 0.2) is 0 Å². The number of nitrogens with zero attached hydrogens (tertiary/aromatic N) is 4. The van der Waals surface area contributed by atoms with Gasteiger partial charge in [0.1, 0.15) is 0 Å². The standard InChI is InChI=1S/C19H22N4O/c24-19-18-14-22(13-17-5-1-2-8-21-17)12-16(18)6-9-23(19)11-15-4-3-7-20-10-15/h1-5,7-8,10,16,18H,6,9,11-14H2/t16-,18-/m1/s1. The van der Waals surface area contributed by atoms with Crippen molar-refractivity contribution in [3.05, 3.63) is 60.2 Å². The molecule has 2 aliphatic rings. The summed E-state index contributed by atoms with van der Waals surface area (Å²) in [6, 6.07) is 9.98. The molecule has 2 saturated heterocycles. The molecule has 0 aliphatic carbocycles. The molecule has 2 aromatic heterocycles. The second-order valence-corrected chi connectivity index (χ2v) is 6.79. The van der Waals surface area contributed by atoms with Gasteiger partial charge in [-0.2, -0.15) is 0 Å². The minimum Gasteiger partial charge on any atom is -0.338 e. The fraction of sp³-hybridized carbons (Fsp3) is 0.421. The van der Waals surface area contributed by atoms with Crippen molar-refractivity contribution >= 4 is 5.91 Å². The smallest absolute Gasteiger partial charge is 0.227 e. The molecule has 0 radical (unpaired) electrons. The lowest BCUT2D eigenvalue weighted by atomic mass is 9.88. The van der Waals surface area contributed by atoms with Gasteiger partial charge < -0.3 is 4.90 Å². The second kappa shape index (κ2) is 6.69. The van der Waals surface area contributed by atoms with Crippen molar-refractivity contribution in [3.8, 4) is 0 Å². The van der Waals surface area contributed by atoms with E-state index in [2.05, 4.69) is 20.9 Å². The Morgan fingerprint density at radius 3 is 2.83 bits per heavy atom. The Kier molecular flexibility index (Phi) is 4.26. The third-order valence-electron chi connectivity index (χ3n) is 5.12. The Morgan fingerprint density at radius 1 is 1.08 bits per heavy atom. The van der Waals surface area contributed by atoms with E-state index >= 15 is 0 Å². The van der Waals surface area contributed by atoms with Crippen LogP contribution < -0.4 is 0 Å². The minimum atomic E-state index is 0.138. The first-order valence-corrected chi connectivity index (χ1v) is 8.59. The van der Waals surface area contributed by atoms with E-state index in [1.54, 1.807) is 6.20 Å². The molecule has 1 amide bonds. The van der Waals surface area contributed by atoms with Gasteiger partial charge in [0.25, 0.3) is 0 Å². The topological polar surface area (TPSA) is 49.3 Å². The van der Waals surface area contributed by atoms with Gasteiger partial charge in [0, 0.05) is 51.3 Å². The number of amides is 1. The summed E-state index contributed by atoms with van der Waals surface area (Å²) in [4.78, 5) is 25.8. The lowest BCUT2D eigenvalue weighted by molar-refractivity contribution is -0.140. The maximum atomic E-state index is 12.9. The lowest BCUT2D eigenvalue weighted by Gasteiger charge is -2.33. The molecule has 124 valence electrons. The quantitative estimate of drug-likeness (QED) is 0.863. The Balaban J connectivity index is 1.40. The van der Waals surface area contributed by atoms with Gasteiger partial charge in [0.05, 0.1) is 11.6 Å². The number of fused-ring (bicyclic) bond motifs is 1. The molecule has 0 saturated carbocycles. The molecule has 0 unspecified atom stereocenters. The molecule has 5 nitrogen and oxygen atoms in total. The van der Waals surface area contributed by atoms with E-state index in [1.165, 1.54) is 0 Å². The van der Waals surface area contributed by atoms with Crippen molar-refractivity contribution in [2.24, 2.45) is 11.8 Å². The SMILES string of the molecule is O=C1[C@@H]2CN(Cc3ccccn3)C[C@H]2CCN1Cc1cccnc1. The summed E-state index contributed by atoms with van der Waals surface area (Å²) < 4.78 is 0. The maximum Gasteiger partial charge on any atom is 0.227 e. The molecule has 2 atom stereocenters. The van der Waals surface area contributed by atoms with Crippen LogP contribution in [0.4, 0.5) is 0 Å². The molecule has 0 N–H and O–H groups in total. The number of aromatic nitrogens is 2. The van der Waals surface area contributed by atoms with Gasteiger partial charge >= 0.3 is 0 Å². The Labute approximate surface area is 142 Å². The summed E-state index contributed by atoms with van der Waals surface area (Å²) in [5.74, 6) is 0.934. The van der Waals surface area contributed by atoms with E-state index in [4.69, 9.17) is 0 Å². The predicted octanol–water partition coefficient (Wildman–Crippen LogP) is 1.96. The lowest BCUT2D eigenvalue weighted by Crippen LogP contribution is -2.44. The van der Waals surface area contributed by atoms with Gasteiger partial charge in [-0.05, 0) is 36.1 Å². The van der Waals surface area contributed by atoms with Gasteiger partial charge in [0.2, 0.25) is 5.91 Å². The summed E-state index contributed by atoms with van der Waals surface area (Å²) >= 11 is 0. The van der Waals surface area contributed by atoms with Crippen LogP contribution in [0, 0.1) is 11.8 Å². The third-order valence-corrected chi connectivity index (χ3v) is 5.12. The van der Waals surface area contributed by atoms with Crippen molar-refractivity contribution in [1.82, 2.24) is 19.8 Å². The summed E-state index contributed by atoms with van der Waals surface area (Å²) in [6.45, 7) is 4.23. The van der Waals surface area contributed by atoms with Crippen LogP contribution in [-0.2, 0) is 17.9 Å². The summed E-state index contributed by atoms with van der Waals surface area (Å²) in [6.07, 6.45) is 6.54. The van der Waals surface area contributed by atoms with Gasteiger partial charge in [-0.1, -0.05) is 12.1 Å². The molecule has 24 heavy (non-hydrogen) atoms. The first-order chi connectivity index (χ1) is 11.8. The van der Waals surface area contributed by atoms with Crippen molar-refractivity contribution < 1.29 is 4.79 Å². The van der Waals surface area contributed by atoms with Crippen molar-refractivity contribution in [2.75, 3.05) is 19.6 Å². The van der Waals surface area contributed by atoms with E-state index < -0.39 is 0 Å². The number of rotatable bonds is 4. The predicted molar refractivity (Wildman–Crippen MR) is 90.8 cm³/mol. The van der Waals surface area contributed by atoms with E-state index in [0.29, 0.717) is 18.4 Å². The summed E-state index contributed by atoms with van der Waals surface area (Å²) in [7, 11) is 0. The average molecular weight is 322 g/mol. The molecule has 0 aromatic carbocycles. The van der Waals surface area contributed by atoms with E-state index in [0.717, 1.165) is 43.9 Å². The number of hydrogen-bond acceptors (Lipinski definition) is 4. The van der Waals surface area contributed by atoms with Crippen molar-refractivity contribution in [1.29, 1.82) is 0 Å². The van der Waals surface area contributed by atoms with Crippen LogP contribution in [-0.4, -0.2) is 45.3 Å². The molecule has 4 rings (SSSR count). The largest absolute Gasteiger partial charge is 0.338 e. The first-order valence-electron chi connectivity index (χ1n) is 8.59. The Hall–Kier alpha value is -2.27. The zero-order valence-electron chi connectivity index (χ0n) is 13.7. The van der Waals surface area contributed by atoms with E-state index in [1.807, 2.05) is 41.6 Å². The van der Waals surface area contributed by atoms with Crippen LogP contribution >= 0.6 is 0 Å². The Bertz CT molecular complexity index is 691. The maximum absolute atomic E-state index is 12.9. The monoisotopic (exact) mass is 322 g/mol. The fourth-order valence-electron chi connectivity index (χ4n) is 3.92. The highest BCUT2D eigenvalue weighted by molar-refractivity contribution is 5.80. The van der Waals surface area contributed by atoms with Crippen LogP contribution in [0.2, 0.25) is 0 Å². The highest BCUT2D eigenvalue weighted by atomic mass is 16.2. The molecular formula is C19H22N4O. The molecule has 0 bridgehead atoms. The van der Waals surface area contributed by atoms with Gasteiger partial charge in [-0.15, -0.1) is 0 Å². The summed E-state index contributed by atoms with van der Waals surface area (Å²) in [5.41, 5.74) is 2.18. The molecule has 2 fully saturated rings. The average Bonchev–Trinajstić information content (AvgIpc) is 3.03. The van der Waals surface area contributed by atoms with Crippen LogP contribution in [0.5, 0.6) is 0 Å². The second-order valence-electron chi connectivity index (χ2n) is 6.79. The summed E-state index contributed by atoms with van der Waals surface area (Å²) in [5, 5.41) is 0. The van der Waals surface area contributed by atoms with Gasteiger partial charge in [-0.3, -0.25) is 19.7 Å². The zero-order chi connectivity index (χ0) is 16.4. The molecule has 0 spiro atoms. The molecular weight excluding hydrogens is 300 g/mol. The van der Waals surface area contributed by atoms with Crippen molar-refractivity contribution in [2.45, 2.75) is 19.5 Å². The normalized spacial score (nSPS) is 24.2. The molecule has 4 heterocycles. The van der Waals surface area contributed by atoms with Crippen LogP contribution in [0.1, 0.15) is 17.7 Å². The highest BCUT2D eigenvalue weighted by Crippen LogP contribution is 2.33. The number of carbonyl (C=O) groups is 1. The number of piperidine rings is 1. The first kappa shape index (κ1) is 15.3. The van der Waals surface area contributed by atoms with Crippen molar-refractivity contribution in [3.63, 3.8) is 0 Å². The molecule has 2 aliphatic heterocycles. The van der Waals surface area contributed by atoms with E-state index in [-0.39, 0.29) is 5.92 Å². The van der Waals surface area contributed by atoms with Crippen LogP contribution in [0.15, 0.2) is 48.9 Å².